The van der Waals surface area contributed by atoms with Crippen LogP contribution in [-0.2, 0) is 0 Å². The topological polar surface area (TPSA) is 117 Å². The summed E-state index contributed by atoms with van der Waals surface area (Å²) in [5.74, 6) is 1.70. The Bertz CT molecular complexity index is 1650. The zero-order chi connectivity index (χ0) is 23.8. The number of nitrogens with zero attached hydrogens (tertiary/aromatic N) is 4. The minimum absolute atomic E-state index is 0.241. The molecule has 0 unspecified atom stereocenters. The number of fused-ring (bicyclic) bond motifs is 2. The van der Waals surface area contributed by atoms with Gasteiger partial charge >= 0.3 is 0 Å². The third-order valence-electron chi connectivity index (χ3n) is 5.71. The molecule has 0 spiro atoms. The summed E-state index contributed by atoms with van der Waals surface area (Å²) in [5, 5.41) is 7.85. The number of aromatic amines is 1. The molecule has 8 nitrogen and oxygen atoms in total. The summed E-state index contributed by atoms with van der Waals surface area (Å²) < 4.78 is 0. The zero-order valence-electron chi connectivity index (χ0n) is 18.9. The maximum Gasteiger partial charge on any atom is 0.222 e. The van der Waals surface area contributed by atoms with E-state index in [1.54, 1.807) is 0 Å². The number of hydrogen-bond acceptors (Lipinski definition) is 7. The predicted molar refractivity (Wildman–Crippen MR) is 141 cm³/mol. The van der Waals surface area contributed by atoms with Crippen molar-refractivity contribution >= 4 is 50.8 Å². The monoisotopic (exact) mass is 458 g/mol. The molecule has 170 valence electrons. The molecule has 3 aromatic heterocycles. The van der Waals surface area contributed by atoms with Crippen LogP contribution < -0.4 is 16.4 Å². The molecule has 35 heavy (non-hydrogen) atoms. The van der Waals surface area contributed by atoms with E-state index in [1.165, 1.54) is 0 Å². The SMILES string of the molecule is Cc1cc(Nc2ccc3[nH]c(-c4ccc(Nc5ccnc6ccccc56)cc4)nc3c2)nc(N)n1. The van der Waals surface area contributed by atoms with Crippen LogP contribution in [0, 0.1) is 6.92 Å². The van der Waals surface area contributed by atoms with E-state index in [9.17, 15) is 0 Å². The number of pyridine rings is 1. The molecule has 0 aliphatic heterocycles. The highest BCUT2D eigenvalue weighted by Gasteiger charge is 2.08. The van der Waals surface area contributed by atoms with Gasteiger partial charge in [-0.2, -0.15) is 4.98 Å². The Morgan fingerprint density at radius 3 is 2.46 bits per heavy atom. The number of aromatic nitrogens is 5. The van der Waals surface area contributed by atoms with Crippen molar-refractivity contribution in [3.8, 4) is 11.4 Å². The van der Waals surface area contributed by atoms with Gasteiger partial charge in [-0.15, -0.1) is 0 Å². The van der Waals surface area contributed by atoms with E-state index in [2.05, 4.69) is 48.8 Å². The van der Waals surface area contributed by atoms with E-state index in [1.807, 2.05) is 73.8 Å². The number of nitrogens with one attached hydrogen (secondary N) is 3. The van der Waals surface area contributed by atoms with Crippen molar-refractivity contribution in [1.82, 2.24) is 24.9 Å². The second-order valence-electron chi connectivity index (χ2n) is 8.27. The van der Waals surface area contributed by atoms with Crippen LogP contribution >= 0.6 is 0 Å². The third-order valence-corrected chi connectivity index (χ3v) is 5.71. The highest BCUT2D eigenvalue weighted by molar-refractivity contribution is 5.92. The summed E-state index contributed by atoms with van der Waals surface area (Å²) in [6.07, 6.45) is 1.82. The second-order valence-corrected chi connectivity index (χ2v) is 8.27. The summed E-state index contributed by atoms with van der Waals surface area (Å²) in [5.41, 5.74) is 13.2. The highest BCUT2D eigenvalue weighted by Crippen LogP contribution is 2.28. The first kappa shape index (κ1) is 20.6. The smallest absolute Gasteiger partial charge is 0.222 e. The lowest BCUT2D eigenvalue weighted by atomic mass is 10.1. The molecule has 6 aromatic rings. The van der Waals surface area contributed by atoms with Crippen molar-refractivity contribution in [3.63, 3.8) is 0 Å². The maximum atomic E-state index is 5.76. The third kappa shape index (κ3) is 4.20. The molecule has 5 N–H and O–H groups in total. The van der Waals surface area contributed by atoms with Gasteiger partial charge in [-0.05, 0) is 61.5 Å². The number of H-pyrrole nitrogens is 1. The minimum atomic E-state index is 0.241. The molecular formula is C27H22N8. The van der Waals surface area contributed by atoms with Gasteiger partial charge in [-0.3, -0.25) is 4.98 Å². The van der Waals surface area contributed by atoms with Crippen molar-refractivity contribution in [2.75, 3.05) is 16.4 Å². The van der Waals surface area contributed by atoms with Gasteiger partial charge in [-0.25, -0.2) is 9.97 Å². The molecule has 8 heteroatoms. The van der Waals surface area contributed by atoms with Crippen molar-refractivity contribution in [1.29, 1.82) is 0 Å². The number of benzene rings is 3. The van der Waals surface area contributed by atoms with Gasteiger partial charge in [0.15, 0.2) is 0 Å². The molecule has 6 rings (SSSR count). The van der Waals surface area contributed by atoms with Crippen molar-refractivity contribution in [3.05, 3.63) is 90.8 Å². The molecule has 0 aliphatic rings. The molecule has 3 heterocycles. The van der Waals surface area contributed by atoms with Crippen LogP contribution in [0.25, 0.3) is 33.3 Å². The van der Waals surface area contributed by atoms with Crippen molar-refractivity contribution in [2.45, 2.75) is 6.92 Å². The average molecular weight is 459 g/mol. The van der Waals surface area contributed by atoms with Gasteiger partial charge in [0, 0.05) is 46.0 Å². The Kier molecular flexibility index (Phi) is 4.96. The average Bonchev–Trinajstić information content (AvgIpc) is 3.28. The Morgan fingerprint density at radius 2 is 1.60 bits per heavy atom. The Morgan fingerprint density at radius 1 is 0.771 bits per heavy atom. The molecule has 0 radical (unpaired) electrons. The number of aryl methyl sites for hydroxylation is 1. The van der Waals surface area contributed by atoms with E-state index >= 15 is 0 Å². The molecule has 0 amide bonds. The number of hydrogen-bond donors (Lipinski definition) is 4. The molecule has 0 saturated carbocycles. The largest absolute Gasteiger partial charge is 0.368 e. The lowest BCUT2D eigenvalue weighted by Gasteiger charge is -2.09. The molecular weight excluding hydrogens is 436 g/mol. The minimum Gasteiger partial charge on any atom is -0.368 e. The maximum absolute atomic E-state index is 5.76. The molecule has 0 aliphatic carbocycles. The fourth-order valence-electron chi connectivity index (χ4n) is 4.10. The highest BCUT2D eigenvalue weighted by atomic mass is 15.1. The zero-order valence-corrected chi connectivity index (χ0v) is 18.9. The molecule has 0 fully saturated rings. The van der Waals surface area contributed by atoms with Crippen LogP contribution in [0.15, 0.2) is 85.1 Å². The molecule has 0 saturated heterocycles. The fourth-order valence-corrected chi connectivity index (χ4v) is 4.10. The van der Waals surface area contributed by atoms with Gasteiger partial charge in [0.25, 0.3) is 0 Å². The number of nitrogens with two attached hydrogens (primary N) is 1. The summed E-state index contributed by atoms with van der Waals surface area (Å²) in [7, 11) is 0. The lowest BCUT2D eigenvalue weighted by molar-refractivity contribution is 1.12. The number of para-hydroxylation sites is 1. The van der Waals surface area contributed by atoms with Crippen molar-refractivity contribution in [2.24, 2.45) is 0 Å². The summed E-state index contributed by atoms with van der Waals surface area (Å²) >= 11 is 0. The van der Waals surface area contributed by atoms with Crippen molar-refractivity contribution < 1.29 is 0 Å². The first-order valence-corrected chi connectivity index (χ1v) is 11.2. The van der Waals surface area contributed by atoms with Crippen LogP contribution in [0.3, 0.4) is 0 Å². The summed E-state index contributed by atoms with van der Waals surface area (Å²) in [4.78, 5) is 21.0. The van der Waals surface area contributed by atoms with Gasteiger partial charge in [-0.1, -0.05) is 18.2 Å². The second kappa shape index (κ2) is 8.42. The van der Waals surface area contributed by atoms with Gasteiger partial charge in [0.2, 0.25) is 5.95 Å². The van der Waals surface area contributed by atoms with Gasteiger partial charge in [0.1, 0.15) is 11.6 Å². The Labute approximate surface area is 201 Å². The van der Waals surface area contributed by atoms with Gasteiger partial charge < -0.3 is 21.4 Å². The first-order valence-electron chi connectivity index (χ1n) is 11.2. The number of imidazole rings is 1. The molecule has 0 atom stereocenters. The van der Waals surface area contributed by atoms with E-state index < -0.39 is 0 Å². The van der Waals surface area contributed by atoms with E-state index in [4.69, 9.17) is 10.7 Å². The number of nitrogen functional groups attached to an aromatic ring is 1. The van der Waals surface area contributed by atoms with E-state index in [-0.39, 0.29) is 5.95 Å². The van der Waals surface area contributed by atoms with Crippen LogP contribution in [0.5, 0.6) is 0 Å². The Balaban J connectivity index is 1.24. The quantitative estimate of drug-likeness (QED) is 0.252. The predicted octanol–water partition coefficient (Wildman–Crippen LogP) is 5.95. The molecule has 3 aromatic carbocycles. The van der Waals surface area contributed by atoms with Gasteiger partial charge in [0.05, 0.1) is 16.6 Å². The molecule has 0 bridgehead atoms. The fraction of sp³-hybridized carbons (Fsp3) is 0.0370. The number of rotatable bonds is 5. The number of anilines is 5. The summed E-state index contributed by atoms with van der Waals surface area (Å²) in [6.45, 7) is 1.88. The Hall–Kier alpha value is -4.98. The van der Waals surface area contributed by atoms with E-state index in [0.29, 0.717) is 5.82 Å². The first-order chi connectivity index (χ1) is 17.1. The lowest BCUT2D eigenvalue weighted by Crippen LogP contribution is -2.01. The van der Waals surface area contributed by atoms with Crippen LogP contribution in [0.4, 0.5) is 28.8 Å². The summed E-state index contributed by atoms with van der Waals surface area (Å²) in [6, 6.07) is 26.1. The van der Waals surface area contributed by atoms with Crippen LogP contribution in [0.1, 0.15) is 5.69 Å². The van der Waals surface area contributed by atoms with E-state index in [0.717, 1.165) is 56.1 Å². The normalized spacial score (nSPS) is 11.1. The van der Waals surface area contributed by atoms with Crippen LogP contribution in [-0.4, -0.2) is 24.9 Å². The standard InChI is InChI=1S/C27H22N8/c1-16-14-25(35-27(28)30-16)32-19-10-11-23-24(15-19)34-26(33-23)17-6-8-18(9-7-17)31-22-12-13-29-21-5-3-2-4-20(21)22/h2-15H,1H3,(H,29,31)(H,33,34)(H3,28,30,32,35). The van der Waals surface area contributed by atoms with Crippen LogP contribution in [0.2, 0.25) is 0 Å².